The van der Waals surface area contributed by atoms with Gasteiger partial charge < -0.3 is 10.5 Å². The summed E-state index contributed by atoms with van der Waals surface area (Å²) in [5.74, 6) is -0.439. The maximum absolute atomic E-state index is 11.4. The van der Waals surface area contributed by atoms with Crippen LogP contribution in [0.3, 0.4) is 0 Å². The molecule has 0 bridgehead atoms. The molecule has 1 atom stereocenters. The molecule has 1 aromatic carbocycles. The van der Waals surface area contributed by atoms with E-state index in [4.69, 9.17) is 27.3 Å². The highest BCUT2D eigenvalue weighted by Crippen LogP contribution is 2.26. The van der Waals surface area contributed by atoms with Gasteiger partial charge in [0.2, 0.25) is 0 Å². The first-order chi connectivity index (χ1) is 8.43. The van der Waals surface area contributed by atoms with Gasteiger partial charge in [0.25, 0.3) is 5.91 Å². The van der Waals surface area contributed by atoms with Crippen molar-refractivity contribution in [2.75, 3.05) is 0 Å². The Morgan fingerprint density at radius 1 is 1.56 bits per heavy atom. The van der Waals surface area contributed by atoms with Crippen LogP contribution < -0.4 is 15.8 Å². The molecule has 7 heteroatoms. The number of hydrogen-bond donors (Lipinski definition) is 2. The third-order valence-electron chi connectivity index (χ3n) is 1.98. The molecule has 94 valence electrons. The normalized spacial score (nSPS) is 11.2. The lowest BCUT2D eigenvalue weighted by molar-refractivity contribution is -0.126. The van der Waals surface area contributed by atoms with Crippen LogP contribution in [-0.2, 0) is 4.79 Å². The minimum Gasteiger partial charge on any atom is -0.479 e. The molecule has 6 nitrogen and oxygen atoms in total. The van der Waals surface area contributed by atoms with E-state index in [1.165, 1.54) is 25.1 Å². The first-order valence-electron chi connectivity index (χ1n) is 4.90. The van der Waals surface area contributed by atoms with Crippen LogP contribution in [0.1, 0.15) is 12.5 Å². The van der Waals surface area contributed by atoms with Crippen LogP contribution in [0.4, 0.5) is 4.79 Å². The van der Waals surface area contributed by atoms with Gasteiger partial charge in [-0.1, -0.05) is 11.6 Å². The van der Waals surface area contributed by atoms with Crippen LogP contribution in [0.2, 0.25) is 5.02 Å². The van der Waals surface area contributed by atoms with Crippen molar-refractivity contribution in [1.29, 1.82) is 5.26 Å². The quantitative estimate of drug-likeness (QED) is 0.857. The molecular weight excluding hydrogens is 258 g/mol. The molecule has 0 aliphatic rings. The van der Waals surface area contributed by atoms with E-state index in [0.29, 0.717) is 5.56 Å². The highest BCUT2D eigenvalue weighted by Gasteiger charge is 2.17. The number of amides is 3. The molecule has 0 aromatic heterocycles. The van der Waals surface area contributed by atoms with Gasteiger partial charge in [0.1, 0.15) is 5.75 Å². The van der Waals surface area contributed by atoms with Crippen LogP contribution in [0.15, 0.2) is 18.2 Å². The summed E-state index contributed by atoms with van der Waals surface area (Å²) in [6.45, 7) is 1.44. The maximum atomic E-state index is 11.4. The number of urea groups is 1. The number of rotatable bonds is 3. The fraction of sp³-hybridized carbons (Fsp3) is 0.182. The van der Waals surface area contributed by atoms with Gasteiger partial charge in [-0.15, -0.1) is 0 Å². The lowest BCUT2D eigenvalue weighted by atomic mass is 10.2. The van der Waals surface area contributed by atoms with Crippen molar-refractivity contribution < 1.29 is 14.3 Å². The molecule has 18 heavy (non-hydrogen) atoms. The Morgan fingerprint density at radius 2 is 2.22 bits per heavy atom. The molecule has 0 spiro atoms. The van der Waals surface area contributed by atoms with E-state index in [-0.39, 0.29) is 10.8 Å². The van der Waals surface area contributed by atoms with E-state index in [9.17, 15) is 9.59 Å². The summed E-state index contributed by atoms with van der Waals surface area (Å²) in [5.41, 5.74) is 5.18. The summed E-state index contributed by atoms with van der Waals surface area (Å²) in [7, 11) is 0. The van der Waals surface area contributed by atoms with Gasteiger partial charge in [0.05, 0.1) is 16.7 Å². The summed E-state index contributed by atoms with van der Waals surface area (Å²) >= 11 is 5.86. The van der Waals surface area contributed by atoms with E-state index in [0.717, 1.165) is 0 Å². The minimum atomic E-state index is -0.957. The molecule has 0 aliphatic heterocycles. The third kappa shape index (κ3) is 3.64. The van der Waals surface area contributed by atoms with Gasteiger partial charge >= 0.3 is 6.03 Å². The Balaban J connectivity index is 2.76. The zero-order valence-corrected chi connectivity index (χ0v) is 10.2. The van der Waals surface area contributed by atoms with Crippen LogP contribution in [0.25, 0.3) is 0 Å². The number of hydrogen-bond acceptors (Lipinski definition) is 4. The lowest BCUT2D eigenvalue weighted by Crippen LogP contribution is -2.42. The highest BCUT2D eigenvalue weighted by atomic mass is 35.5. The summed E-state index contributed by atoms with van der Waals surface area (Å²) in [6.07, 6.45) is -0.942. The number of imide groups is 1. The van der Waals surface area contributed by atoms with Crippen molar-refractivity contribution in [2.24, 2.45) is 5.73 Å². The standard InChI is InChI=1S/C11H10ClN3O3/c1-6(10(16)15-11(14)17)18-9-3-2-7(5-13)4-8(9)12/h2-4,6H,1H3,(H3,14,15,16,17)/t6-/m1/s1. The smallest absolute Gasteiger partial charge is 0.318 e. The van der Waals surface area contributed by atoms with E-state index in [2.05, 4.69) is 0 Å². The first-order valence-corrected chi connectivity index (χ1v) is 5.28. The zero-order valence-electron chi connectivity index (χ0n) is 9.44. The second-order valence-corrected chi connectivity index (χ2v) is 3.78. The molecule has 0 radical (unpaired) electrons. The number of carbonyl (C=O) groups is 2. The molecule has 0 heterocycles. The van der Waals surface area contributed by atoms with Crippen LogP contribution in [0.5, 0.6) is 5.75 Å². The van der Waals surface area contributed by atoms with Gasteiger partial charge in [0.15, 0.2) is 6.10 Å². The van der Waals surface area contributed by atoms with Crippen LogP contribution in [-0.4, -0.2) is 18.0 Å². The average molecular weight is 268 g/mol. The van der Waals surface area contributed by atoms with Gasteiger partial charge in [-0.2, -0.15) is 5.26 Å². The monoisotopic (exact) mass is 267 g/mol. The Hall–Kier alpha value is -2.26. The molecule has 0 unspecified atom stereocenters. The van der Waals surface area contributed by atoms with Crippen molar-refractivity contribution in [3.63, 3.8) is 0 Å². The number of nitrogens with zero attached hydrogens (tertiary/aromatic N) is 1. The summed E-state index contributed by atoms with van der Waals surface area (Å²) in [4.78, 5) is 21.8. The molecule has 3 N–H and O–H groups in total. The second-order valence-electron chi connectivity index (χ2n) is 3.37. The van der Waals surface area contributed by atoms with Crippen molar-refractivity contribution in [1.82, 2.24) is 5.32 Å². The van der Waals surface area contributed by atoms with Crippen molar-refractivity contribution >= 4 is 23.5 Å². The van der Waals surface area contributed by atoms with E-state index in [1.807, 2.05) is 11.4 Å². The largest absolute Gasteiger partial charge is 0.479 e. The van der Waals surface area contributed by atoms with E-state index < -0.39 is 18.0 Å². The Morgan fingerprint density at radius 3 is 2.72 bits per heavy atom. The lowest BCUT2D eigenvalue weighted by Gasteiger charge is -2.14. The molecule has 0 saturated heterocycles. The van der Waals surface area contributed by atoms with Crippen molar-refractivity contribution in [3.05, 3.63) is 28.8 Å². The van der Waals surface area contributed by atoms with Crippen molar-refractivity contribution in [2.45, 2.75) is 13.0 Å². The number of benzene rings is 1. The van der Waals surface area contributed by atoms with Gasteiger partial charge in [-0.25, -0.2) is 4.79 Å². The molecular formula is C11H10ClN3O3. The zero-order chi connectivity index (χ0) is 13.7. The molecule has 0 aliphatic carbocycles. The highest BCUT2D eigenvalue weighted by molar-refractivity contribution is 6.32. The van der Waals surface area contributed by atoms with Crippen molar-refractivity contribution in [3.8, 4) is 11.8 Å². The maximum Gasteiger partial charge on any atom is 0.318 e. The fourth-order valence-electron chi connectivity index (χ4n) is 1.13. The van der Waals surface area contributed by atoms with E-state index in [1.54, 1.807) is 0 Å². The molecule has 1 rings (SSSR count). The van der Waals surface area contributed by atoms with Gasteiger partial charge in [0, 0.05) is 0 Å². The Bertz CT molecular complexity index is 525. The number of nitrogens with one attached hydrogen (secondary N) is 1. The second kappa shape index (κ2) is 5.89. The van der Waals surface area contributed by atoms with Crippen LogP contribution in [0, 0.1) is 11.3 Å². The Labute approximate surface area is 108 Å². The summed E-state index contributed by atoms with van der Waals surface area (Å²) < 4.78 is 5.25. The van der Waals surface area contributed by atoms with Gasteiger partial charge in [-0.3, -0.25) is 10.1 Å². The fourth-order valence-corrected chi connectivity index (χ4v) is 1.36. The molecule has 3 amide bonds. The number of ether oxygens (including phenoxy) is 1. The van der Waals surface area contributed by atoms with Gasteiger partial charge in [-0.05, 0) is 25.1 Å². The SMILES string of the molecule is C[C@@H](Oc1ccc(C#N)cc1Cl)C(=O)NC(N)=O. The number of halogens is 1. The minimum absolute atomic E-state index is 0.202. The number of carbonyl (C=O) groups excluding carboxylic acids is 2. The Kier molecular flexibility index (Phi) is 4.52. The molecule has 0 saturated carbocycles. The predicted molar refractivity (Wildman–Crippen MR) is 64.0 cm³/mol. The topological polar surface area (TPSA) is 105 Å². The predicted octanol–water partition coefficient (Wildman–Crippen LogP) is 1.17. The van der Waals surface area contributed by atoms with Crippen LogP contribution >= 0.6 is 11.6 Å². The summed E-state index contributed by atoms with van der Waals surface area (Å²) in [5, 5.41) is 10.7. The van der Waals surface area contributed by atoms with E-state index >= 15 is 0 Å². The first kappa shape index (κ1) is 13.8. The third-order valence-corrected chi connectivity index (χ3v) is 2.28. The number of nitrogens with two attached hydrogens (primary N) is 1. The molecule has 0 fully saturated rings. The number of nitriles is 1. The molecule has 1 aromatic rings. The summed E-state index contributed by atoms with van der Waals surface area (Å²) in [6, 6.07) is 5.34. The number of primary amides is 1. The average Bonchev–Trinajstić information content (AvgIpc) is 2.30.